The number of hydrogen-bond donors (Lipinski definition) is 3. The van der Waals surface area contributed by atoms with E-state index in [0.717, 1.165) is 16.8 Å². The number of amides is 1. The number of ether oxygens (including phenoxy) is 1. The first-order valence-electron chi connectivity index (χ1n) is 8.96. The van der Waals surface area contributed by atoms with E-state index in [0.29, 0.717) is 24.3 Å². The quantitative estimate of drug-likeness (QED) is 0.436. The van der Waals surface area contributed by atoms with Crippen LogP contribution >= 0.6 is 0 Å². The van der Waals surface area contributed by atoms with Crippen LogP contribution in [-0.4, -0.2) is 29.7 Å². The molecule has 0 atom stereocenters. The lowest BCUT2D eigenvalue weighted by atomic mass is 10.1. The van der Waals surface area contributed by atoms with Crippen molar-refractivity contribution in [3.8, 4) is 0 Å². The number of carbonyl (C=O) groups excluding carboxylic acids is 1. The third-order valence-electron chi connectivity index (χ3n) is 4.16. The molecule has 0 radical (unpaired) electrons. The van der Waals surface area contributed by atoms with Gasteiger partial charge in [0.25, 0.3) is 0 Å². The van der Waals surface area contributed by atoms with E-state index in [2.05, 4.69) is 15.3 Å². The molecule has 6 heteroatoms. The smallest absolute Gasteiger partial charge is 0.411 e. The summed E-state index contributed by atoms with van der Waals surface area (Å²) >= 11 is 0. The van der Waals surface area contributed by atoms with Crippen molar-refractivity contribution in [1.82, 2.24) is 4.98 Å². The molecular weight excluding hydrogens is 352 g/mol. The molecule has 0 fully saturated rings. The number of rotatable bonds is 6. The molecule has 142 valence electrons. The van der Waals surface area contributed by atoms with Gasteiger partial charge in [0.1, 0.15) is 0 Å². The van der Waals surface area contributed by atoms with Crippen molar-refractivity contribution < 1.29 is 9.53 Å². The van der Waals surface area contributed by atoms with Crippen LogP contribution in [0.3, 0.4) is 0 Å². The van der Waals surface area contributed by atoms with Gasteiger partial charge in [0.15, 0.2) is 5.84 Å². The molecule has 3 N–H and O–H groups in total. The average molecular weight is 374 g/mol. The molecule has 28 heavy (non-hydrogen) atoms. The summed E-state index contributed by atoms with van der Waals surface area (Å²) in [5, 5.41) is 10.9. The van der Waals surface area contributed by atoms with E-state index in [1.165, 1.54) is 0 Å². The summed E-state index contributed by atoms with van der Waals surface area (Å²) in [5.74, 6) is 0.119. The summed E-state index contributed by atoms with van der Waals surface area (Å²) < 4.78 is 5.24. The molecule has 0 unspecified atom stereocenters. The predicted octanol–water partition coefficient (Wildman–Crippen LogP) is 4.56. The van der Waals surface area contributed by atoms with Gasteiger partial charge in [-0.3, -0.25) is 10.7 Å². The fourth-order valence-corrected chi connectivity index (χ4v) is 2.64. The monoisotopic (exact) mass is 374 g/mol. The van der Waals surface area contributed by atoms with E-state index in [9.17, 15) is 4.79 Å². The van der Waals surface area contributed by atoms with E-state index >= 15 is 0 Å². The molecule has 3 aromatic rings. The van der Waals surface area contributed by atoms with Gasteiger partial charge in [-0.2, -0.15) is 0 Å². The molecule has 1 amide bonds. The Hall–Kier alpha value is -3.67. The summed E-state index contributed by atoms with van der Waals surface area (Å²) in [6.07, 6.45) is 3.53. The highest BCUT2D eigenvalue weighted by molar-refractivity contribution is 6.04. The number of anilines is 1. The van der Waals surface area contributed by atoms with Crippen molar-refractivity contribution in [2.75, 3.05) is 11.9 Å². The third kappa shape index (κ3) is 5.41. The second-order valence-electron chi connectivity index (χ2n) is 6.26. The minimum atomic E-state index is -0.521. The molecule has 1 heterocycles. The lowest BCUT2D eigenvalue weighted by Crippen LogP contribution is -2.15. The second kappa shape index (κ2) is 9.32. The fourth-order valence-electron chi connectivity index (χ4n) is 2.64. The summed E-state index contributed by atoms with van der Waals surface area (Å²) in [7, 11) is 0. The molecule has 0 bridgehead atoms. The first-order valence-corrected chi connectivity index (χ1v) is 8.96. The summed E-state index contributed by atoms with van der Waals surface area (Å²) in [4.78, 5) is 19.2. The topological polar surface area (TPSA) is 90.3 Å². The Kier molecular flexibility index (Phi) is 6.36. The molecule has 0 spiro atoms. The van der Waals surface area contributed by atoms with Gasteiger partial charge in [0.05, 0.1) is 18.5 Å². The zero-order valence-electron chi connectivity index (χ0n) is 15.6. The van der Waals surface area contributed by atoms with Gasteiger partial charge in [-0.25, -0.2) is 9.79 Å². The number of H-pyrrole nitrogens is 1. The standard InChI is InChI=1S/C22H22N4O2/c1-16-9-10-18(14-20(16)21(23)25-15-19-8-5-12-24-19)26-22(27)28-13-11-17-6-3-2-4-7-17/h2-10,12,14-15,23-24H,11,13H2,1H3,(H,26,27). The largest absolute Gasteiger partial charge is 0.449 e. The van der Waals surface area contributed by atoms with Gasteiger partial charge >= 0.3 is 6.09 Å². The van der Waals surface area contributed by atoms with Crippen LogP contribution in [0.2, 0.25) is 0 Å². The Morgan fingerprint density at radius 1 is 1.18 bits per heavy atom. The third-order valence-corrected chi connectivity index (χ3v) is 4.16. The lowest BCUT2D eigenvalue weighted by Gasteiger charge is -2.10. The molecule has 3 rings (SSSR count). The number of nitrogens with one attached hydrogen (secondary N) is 3. The van der Waals surface area contributed by atoms with Gasteiger partial charge in [-0.15, -0.1) is 0 Å². The molecule has 0 saturated carbocycles. The number of aryl methyl sites for hydroxylation is 1. The molecule has 0 aliphatic heterocycles. The molecule has 2 aromatic carbocycles. The Labute approximate surface area is 163 Å². The molecule has 1 aromatic heterocycles. The highest BCUT2D eigenvalue weighted by Crippen LogP contribution is 2.17. The Morgan fingerprint density at radius 3 is 2.75 bits per heavy atom. The summed E-state index contributed by atoms with van der Waals surface area (Å²) in [6, 6.07) is 18.9. The van der Waals surface area contributed by atoms with Crippen LogP contribution in [0.25, 0.3) is 0 Å². The fraction of sp³-hybridized carbons (Fsp3) is 0.136. The van der Waals surface area contributed by atoms with E-state index in [-0.39, 0.29) is 5.84 Å². The molecule has 6 nitrogen and oxygen atoms in total. The highest BCUT2D eigenvalue weighted by atomic mass is 16.5. The first-order chi connectivity index (χ1) is 13.6. The van der Waals surface area contributed by atoms with E-state index in [1.807, 2.05) is 55.5 Å². The minimum Gasteiger partial charge on any atom is -0.449 e. The van der Waals surface area contributed by atoms with Gasteiger partial charge in [-0.05, 0) is 42.3 Å². The van der Waals surface area contributed by atoms with Crippen LogP contribution < -0.4 is 5.32 Å². The maximum Gasteiger partial charge on any atom is 0.411 e. The number of nitrogens with zero attached hydrogens (tertiary/aromatic N) is 1. The van der Waals surface area contributed by atoms with Crippen LogP contribution in [0.5, 0.6) is 0 Å². The molecule has 0 saturated heterocycles. The zero-order chi connectivity index (χ0) is 19.8. The maximum absolute atomic E-state index is 12.0. The predicted molar refractivity (Wildman–Crippen MR) is 112 cm³/mol. The zero-order valence-corrected chi connectivity index (χ0v) is 15.6. The van der Waals surface area contributed by atoms with E-state index < -0.39 is 6.09 Å². The molecular formula is C22H22N4O2. The SMILES string of the molecule is Cc1ccc(NC(=O)OCCc2ccccc2)cc1C(=N)N=Cc1ccc[nH]1. The van der Waals surface area contributed by atoms with Crippen molar-refractivity contribution >= 4 is 23.8 Å². The van der Waals surface area contributed by atoms with Crippen molar-refractivity contribution in [3.63, 3.8) is 0 Å². The van der Waals surface area contributed by atoms with Crippen molar-refractivity contribution in [3.05, 3.63) is 89.2 Å². The number of aliphatic imine (C=N–C) groups is 1. The van der Waals surface area contributed by atoms with E-state index in [1.54, 1.807) is 24.5 Å². The van der Waals surface area contributed by atoms with Crippen LogP contribution in [0.4, 0.5) is 10.5 Å². The molecule has 0 aliphatic rings. The van der Waals surface area contributed by atoms with Gasteiger partial charge in [-0.1, -0.05) is 36.4 Å². The van der Waals surface area contributed by atoms with Crippen molar-refractivity contribution in [1.29, 1.82) is 5.41 Å². The van der Waals surface area contributed by atoms with Crippen LogP contribution in [-0.2, 0) is 11.2 Å². The Balaban J connectivity index is 1.57. The van der Waals surface area contributed by atoms with Crippen molar-refractivity contribution in [2.24, 2.45) is 4.99 Å². The minimum absolute atomic E-state index is 0.119. The number of carbonyl (C=O) groups is 1. The van der Waals surface area contributed by atoms with Gasteiger partial charge < -0.3 is 9.72 Å². The van der Waals surface area contributed by atoms with Crippen LogP contribution in [0.15, 0.2) is 71.9 Å². The second-order valence-corrected chi connectivity index (χ2v) is 6.26. The van der Waals surface area contributed by atoms with Crippen LogP contribution in [0, 0.1) is 12.3 Å². The Morgan fingerprint density at radius 2 is 2.00 bits per heavy atom. The Bertz CT molecular complexity index is 963. The maximum atomic E-state index is 12.0. The van der Waals surface area contributed by atoms with Gasteiger partial charge in [0, 0.05) is 23.9 Å². The van der Waals surface area contributed by atoms with E-state index in [4.69, 9.17) is 10.1 Å². The average Bonchev–Trinajstić information content (AvgIpc) is 3.22. The first kappa shape index (κ1) is 19.1. The van der Waals surface area contributed by atoms with Gasteiger partial charge in [0.2, 0.25) is 0 Å². The number of aromatic nitrogens is 1. The number of benzene rings is 2. The molecule has 0 aliphatic carbocycles. The van der Waals surface area contributed by atoms with Crippen LogP contribution in [0.1, 0.15) is 22.4 Å². The summed E-state index contributed by atoms with van der Waals surface area (Å²) in [5.41, 5.74) is 4.03. The summed E-state index contributed by atoms with van der Waals surface area (Å²) in [6.45, 7) is 2.20. The number of amidine groups is 1. The number of hydrogen-bond acceptors (Lipinski definition) is 3. The number of aromatic amines is 1. The van der Waals surface area contributed by atoms with Crippen molar-refractivity contribution in [2.45, 2.75) is 13.3 Å². The normalized spacial score (nSPS) is 10.8. The lowest BCUT2D eigenvalue weighted by molar-refractivity contribution is 0.163. The highest BCUT2D eigenvalue weighted by Gasteiger charge is 2.08.